The number of hydrogen-bond donors (Lipinski definition) is 10. The van der Waals surface area contributed by atoms with Gasteiger partial charge in [0.2, 0.25) is 50.0 Å². The van der Waals surface area contributed by atoms with Crippen LogP contribution in [-0.2, 0) is 28.8 Å². The van der Waals surface area contributed by atoms with Crippen LogP contribution in [0.5, 0.6) is 0 Å². The van der Waals surface area contributed by atoms with Crippen molar-refractivity contribution < 1.29 is 65.1 Å². The molecule has 5 saturated carbocycles. The second kappa shape index (κ2) is 80.5. The minimum absolute atomic E-state index is 0. The fourth-order valence-electron chi connectivity index (χ4n) is 13.4. The quantitative estimate of drug-likeness (QED) is 0.00272. The van der Waals surface area contributed by atoms with Crippen LogP contribution in [0.25, 0.3) is 17.1 Å². The zero-order valence-electron chi connectivity index (χ0n) is 86.0. The molecule has 10 N–H and O–H groups in total. The summed E-state index contributed by atoms with van der Waals surface area (Å²) in [5.41, 5.74) is 38.8. The monoisotopic (exact) mass is 2600 g/mol. The maximum Gasteiger partial charge on any atom is 0.123 e. The maximum absolute atomic E-state index is 12.4. The Morgan fingerprint density at radius 1 is 0.527 bits per heavy atom. The molecule has 0 atom stereocenters. The standard InChI is InChI=1S/C21H21BrN4OS.C11H9Br2N3.C11H11N3.C10H12ClNO.C10H13NOS.C9H11N.C9H10.C8H11N.C8H19N.C2H2Cl2O.C2H4N2O2.CH2Cl2.BHNS.BH.HNO2.2Na.H2S.U/c1-13-3-10-18(14(2)11-13)23-19(27)12-28-21-25-24-20(22)26(21)17-8-6-16(7-9-17)15-4-5-15;12-10-14-15-11(13)16(10)9-5-3-8(4-6-9)7-1-2-7;1-2-9(1)10-3-5-11(6-4-10)14-7-12-13-8-14;1-7-3-4-9(8(2)5-7)12-10(13)6-11;1-7-3-4-9(8(2)5-7)11-10(12)6-13;10-9-5-3-8(4-6-9)7-1-2-7;1-2-4-8(5-3-1)9-6-7-9;1-6-3-4-8(9)7(2)5-6;1-6-9(7(2)3)8(4)5;3-1-2(4)5;5-1-3-4-2-6;2-1-3;1-2-3;;2-1-3;;;;/h3,6-11,15H,4-5,12H2,1-2H3,(H,23,27);3-7H,1-2H2;3-9H,1-2H2;3-5H,6H2,1-2H3,(H,12,13);3-5,13H,6H2,1-2H3,(H,11,12);3-7H,1-2,10H2;1-5,9H,6-7H2;3-5H,9H2,1-2H3;7-8H,6H2,1-5H3;1H2;1-2H,(H,3,5)(H,4,6);1H2;3H;1H;(H,2,3);;;1H2;/i;;;;;;;;;;;;;1D;;;;;. The van der Waals surface area contributed by atoms with Crippen LogP contribution in [0, 0.1) is 91.4 Å². The van der Waals surface area contributed by atoms with Gasteiger partial charge in [-0.3, -0.25) is 58.2 Å². The molecule has 773 valence electrons. The second-order valence-electron chi connectivity index (χ2n) is 33.1. The number of thioether (sulfide) groups is 1. The average Bonchev–Trinajstić information content (AvgIpc) is 1.67. The van der Waals surface area contributed by atoms with Gasteiger partial charge in [-0.1, -0.05) is 168 Å². The molecule has 5 aliphatic carbocycles. The number of amides is 5. The maximum atomic E-state index is 12.4. The summed E-state index contributed by atoms with van der Waals surface area (Å²) in [4.78, 5) is 72.9. The average molecular weight is 2600 g/mol. The van der Waals surface area contributed by atoms with Crippen LogP contribution in [0.15, 0.2) is 242 Å². The smallest absolute Gasteiger partial charge is 0.123 e. The van der Waals surface area contributed by atoms with Crippen LogP contribution in [0.2, 0.25) is 0 Å². The van der Waals surface area contributed by atoms with Gasteiger partial charge in [0, 0.05) is 85.7 Å². The van der Waals surface area contributed by atoms with Crippen molar-refractivity contribution in [3.63, 3.8) is 0 Å². The molecule has 0 aliphatic heterocycles. The largest absolute Gasteiger partial charge is 0.288 e. The van der Waals surface area contributed by atoms with Crippen molar-refractivity contribution in [2.24, 2.45) is 9.64 Å². The molecule has 44 heteroatoms. The summed E-state index contributed by atoms with van der Waals surface area (Å²) in [7, 11) is 8.09. The van der Waals surface area contributed by atoms with E-state index in [1.807, 2.05) is 146 Å². The zero-order chi connectivity index (χ0) is 108. The van der Waals surface area contributed by atoms with Gasteiger partial charge in [0.25, 0.3) is 0 Å². The van der Waals surface area contributed by atoms with Crippen molar-refractivity contribution >= 4 is 280 Å². The van der Waals surface area contributed by atoms with Gasteiger partial charge in [0.15, 0.2) is 10.5 Å². The number of carbonyl (C=O) groups excluding carboxylic acids is 6. The fourth-order valence-corrected chi connectivity index (χ4v) is 16.0. The Kier molecular flexibility index (Phi) is 75.9. The minimum Gasteiger partial charge on any atom is -0.288 e. The normalized spacial score (nSPS) is 12.0. The van der Waals surface area contributed by atoms with Crippen LogP contribution in [-0.4, -0.2) is 198 Å². The van der Waals surface area contributed by atoms with Gasteiger partial charge in [-0.25, -0.2) is 0 Å². The summed E-state index contributed by atoms with van der Waals surface area (Å²) in [6.45, 7) is 28.4. The van der Waals surface area contributed by atoms with Crippen molar-refractivity contribution in [1.29, 1.82) is 1.34 Å². The number of nitrogens with two attached hydrogens (primary N) is 2. The summed E-state index contributed by atoms with van der Waals surface area (Å²) in [5, 5.41) is 40.5. The number of nitrogens with zero attached hydrogens (tertiary/aromatic N) is 12. The fraction of sp³-hybridized carbons (Fsp3) is 0.353. The molecule has 0 spiro atoms. The molecule has 12 aromatic rings. The first-order valence-electron chi connectivity index (χ1n) is 46.8. The van der Waals surface area contributed by atoms with Gasteiger partial charge >= 0.3 is 68.4 Å². The van der Waals surface area contributed by atoms with E-state index in [4.69, 9.17) is 80.9 Å². The van der Waals surface area contributed by atoms with Gasteiger partial charge in [-0.05, 0) is 367 Å². The Morgan fingerprint density at radius 2 is 0.829 bits per heavy atom. The molecule has 0 unspecified atom stereocenters. The summed E-state index contributed by atoms with van der Waals surface area (Å²) in [6, 6.07) is 69.9. The van der Waals surface area contributed by atoms with Gasteiger partial charge < -0.3 is 32.6 Å². The van der Waals surface area contributed by atoms with E-state index >= 15 is 0 Å². The number of benzene rings is 9. The third kappa shape index (κ3) is 58.5. The minimum atomic E-state index is -0.508. The van der Waals surface area contributed by atoms with Crippen molar-refractivity contribution in [2.45, 2.75) is 201 Å². The van der Waals surface area contributed by atoms with E-state index < -0.39 is 5.24 Å². The first kappa shape index (κ1) is 138. The molecule has 0 saturated heterocycles. The topological polar surface area (TPSA) is 372 Å². The Labute approximate surface area is 989 Å². The van der Waals surface area contributed by atoms with Crippen molar-refractivity contribution in [3.05, 3.63) is 304 Å². The van der Waals surface area contributed by atoms with E-state index in [9.17, 15) is 28.8 Å². The first-order chi connectivity index (χ1) is 69.5. The molecule has 9 aromatic carbocycles. The molecular weight excluding hydrogens is 2470 g/mol. The van der Waals surface area contributed by atoms with E-state index in [1.54, 1.807) is 12.7 Å². The number of thiol groups is 2. The SMILES string of the molecule is Brc1nnc(Br)n1-c1ccc(C2CC2)cc1.CCN(C(C)C)C(C)C.Cc1ccc(N)c(C)c1.Cc1ccc(NC(=O)CCl)c(C)c1.Cc1ccc(NC(=O)CS)c(C)c1.Cc1ccc(NC(=O)CSc2nnc(Br)n2-c2ccc(C3CC3)cc2)c(C)c1.ClCCl.Nc1ccc(C2CC2)cc1.O=C(Cl)CCl.O=CNNC=O.O=NO.S.[2H][B].[B]=NS.[Na][Na].[U].c1cc(-n2cnnc2)ccc1C1CC1.c1ccc(C2CC2)cc1. The van der Waals surface area contributed by atoms with E-state index in [1.165, 1.54) is 175 Å². The first-order valence-corrected chi connectivity index (χ1v) is 61.1. The molecule has 3 aromatic heterocycles. The van der Waals surface area contributed by atoms with Crippen LogP contribution in [0.3, 0.4) is 0 Å². The van der Waals surface area contributed by atoms with E-state index in [2.05, 4.69) is 314 Å². The summed E-state index contributed by atoms with van der Waals surface area (Å²) in [6.07, 6.45) is 17.7. The molecule has 5 fully saturated rings. The zero-order valence-corrected chi connectivity index (χ0v) is 105. The second-order valence-corrected chi connectivity index (χ2v) is 38.5. The van der Waals surface area contributed by atoms with Crippen LogP contribution < -0.4 is 38.3 Å². The molecule has 146 heavy (non-hydrogen) atoms. The number of halogens is 8. The molecule has 27 nitrogen and oxygen atoms in total. The van der Waals surface area contributed by atoms with E-state index in [0.29, 0.717) is 44.3 Å². The summed E-state index contributed by atoms with van der Waals surface area (Å²) in [5.74, 6) is 4.16. The molecule has 17 rings (SSSR count). The molecule has 5 aliphatic rings. The Balaban J connectivity index is 0.00000162. The number of nitrogen functional groups attached to an aromatic ring is 2. The van der Waals surface area contributed by atoms with Gasteiger partial charge in [-0.15, -0.1) is 81.9 Å². The Morgan fingerprint density at radius 3 is 1.12 bits per heavy atom. The predicted molar refractivity (Wildman–Crippen MR) is 627 cm³/mol. The van der Waals surface area contributed by atoms with E-state index in [0.717, 1.165) is 104 Å². The van der Waals surface area contributed by atoms with E-state index in [-0.39, 0.29) is 90.9 Å². The van der Waals surface area contributed by atoms with Crippen molar-refractivity contribution in [3.8, 4) is 17.1 Å². The summed E-state index contributed by atoms with van der Waals surface area (Å²) >= 11 is 46.0. The number of aromatic nitrogens is 9. The number of rotatable bonds is 23. The predicted octanol–water partition coefficient (Wildman–Crippen LogP) is 24.3. The third-order valence-corrected chi connectivity index (χ3v) is 24.6. The van der Waals surface area contributed by atoms with Crippen LogP contribution in [0.4, 0.5) is 28.4 Å². The number of nitrogens with one attached hydrogen (secondary N) is 5. The van der Waals surface area contributed by atoms with Crippen molar-refractivity contribution in [1.82, 2.24) is 60.0 Å². The molecule has 3 radical (unpaired) electrons. The molecule has 5 amide bonds. The number of alkyl halides is 4. The van der Waals surface area contributed by atoms with Gasteiger partial charge in [0.1, 0.15) is 18.5 Å². The number of hydrogen-bond acceptors (Lipinski definition) is 21. The molecule has 3 heterocycles. The third-order valence-electron chi connectivity index (χ3n) is 21.1. The van der Waals surface area contributed by atoms with Crippen LogP contribution >= 0.6 is 156 Å². The van der Waals surface area contributed by atoms with Crippen LogP contribution in [0.1, 0.15) is 201 Å². The Hall–Kier alpha value is -6.35. The molecular formula is C102H130B2Br3Cl5N19Na2O8S4U. The molecule has 0 bridgehead atoms. The number of anilines is 5. The number of aryl methyl sites for hydroxylation is 8. The number of carbonyl (C=O) groups is 6. The van der Waals surface area contributed by atoms with Crippen molar-refractivity contribution in [2.75, 3.05) is 62.6 Å². The Bertz CT molecular complexity index is 5660. The van der Waals surface area contributed by atoms with Gasteiger partial charge in [0.05, 0.1) is 34.1 Å². The number of hydrazine groups is 1. The van der Waals surface area contributed by atoms with Gasteiger partial charge in [-0.2, -0.15) is 26.1 Å². The summed E-state index contributed by atoms with van der Waals surface area (Å²) < 4.78 is 15.7.